The van der Waals surface area contributed by atoms with Crippen molar-refractivity contribution in [2.45, 2.75) is 25.4 Å². The summed E-state index contributed by atoms with van der Waals surface area (Å²) in [5, 5.41) is 2.59. The number of benzene rings is 1. The number of rotatable bonds is 4. The number of aryl methyl sites for hydroxylation is 1. The second-order valence-electron chi connectivity index (χ2n) is 6.17. The molecule has 1 aliphatic rings. The van der Waals surface area contributed by atoms with Gasteiger partial charge in [-0.05, 0) is 19.1 Å². The zero-order valence-corrected chi connectivity index (χ0v) is 14.0. The minimum Gasteiger partial charge on any atom is -0.362 e. The molecule has 2 amide bonds. The number of nitrogens with one attached hydrogen (secondary N) is 2. The fourth-order valence-electron chi connectivity index (χ4n) is 2.99. The first kappa shape index (κ1) is 16.4. The van der Waals surface area contributed by atoms with Crippen LogP contribution in [0.15, 0.2) is 24.3 Å². The predicted molar refractivity (Wildman–Crippen MR) is 89.4 cm³/mol. The fraction of sp³-hybridized carbons (Fsp3) is 0.471. The van der Waals surface area contributed by atoms with Gasteiger partial charge in [0.1, 0.15) is 5.82 Å². The molecular weight excluding hydrogens is 308 g/mol. The lowest BCUT2D eigenvalue weighted by Crippen LogP contribution is -2.58. The highest BCUT2D eigenvalue weighted by molar-refractivity contribution is 5.86. The Hall–Kier alpha value is -2.41. The number of para-hydroxylation sites is 2. The van der Waals surface area contributed by atoms with Crippen LogP contribution >= 0.6 is 0 Å². The highest BCUT2D eigenvalue weighted by Gasteiger charge is 2.39. The largest absolute Gasteiger partial charge is 0.362 e. The van der Waals surface area contributed by atoms with Crippen LogP contribution in [-0.2, 0) is 20.7 Å². The lowest BCUT2D eigenvalue weighted by Gasteiger charge is -2.39. The summed E-state index contributed by atoms with van der Waals surface area (Å²) in [6.45, 7) is 2.85. The maximum atomic E-state index is 12.5. The summed E-state index contributed by atoms with van der Waals surface area (Å²) in [4.78, 5) is 33.8. The van der Waals surface area contributed by atoms with Crippen LogP contribution in [0.25, 0.3) is 11.0 Å². The van der Waals surface area contributed by atoms with Crippen molar-refractivity contribution in [2.75, 3.05) is 26.7 Å². The molecule has 0 radical (unpaired) electrons. The fourth-order valence-corrected chi connectivity index (χ4v) is 2.99. The number of nitrogens with zero attached hydrogens (tertiary/aromatic N) is 2. The van der Waals surface area contributed by atoms with E-state index in [9.17, 15) is 9.59 Å². The second-order valence-corrected chi connectivity index (χ2v) is 6.17. The summed E-state index contributed by atoms with van der Waals surface area (Å²) in [6.07, 6.45) is 0.894. The number of aromatic amines is 1. The van der Waals surface area contributed by atoms with Gasteiger partial charge >= 0.3 is 0 Å². The number of carbonyl (C=O) groups is 2. The zero-order valence-electron chi connectivity index (χ0n) is 14.0. The molecule has 3 rings (SSSR count). The van der Waals surface area contributed by atoms with Gasteiger partial charge in [-0.2, -0.15) is 0 Å². The summed E-state index contributed by atoms with van der Waals surface area (Å²) in [7, 11) is 1.57. The van der Waals surface area contributed by atoms with E-state index in [0.29, 0.717) is 26.0 Å². The Bertz CT molecular complexity index is 724. The lowest BCUT2D eigenvalue weighted by molar-refractivity contribution is -0.162. The molecule has 1 saturated heterocycles. The average Bonchev–Trinajstić information content (AvgIpc) is 3.01. The summed E-state index contributed by atoms with van der Waals surface area (Å²) < 4.78 is 5.58. The quantitative estimate of drug-likeness (QED) is 0.870. The van der Waals surface area contributed by atoms with Crippen molar-refractivity contribution in [1.29, 1.82) is 0 Å². The number of H-pyrrole nitrogens is 1. The molecule has 1 unspecified atom stereocenters. The zero-order chi connectivity index (χ0) is 17.2. The molecule has 0 saturated carbocycles. The van der Waals surface area contributed by atoms with Crippen LogP contribution in [0.4, 0.5) is 0 Å². The van der Waals surface area contributed by atoms with E-state index in [1.165, 1.54) is 0 Å². The molecule has 24 heavy (non-hydrogen) atoms. The summed E-state index contributed by atoms with van der Waals surface area (Å²) in [6, 6.07) is 7.78. The van der Waals surface area contributed by atoms with Crippen LogP contribution in [-0.4, -0.2) is 59.0 Å². The molecule has 0 spiro atoms. The predicted octanol–water partition coefficient (Wildman–Crippen LogP) is 0.859. The van der Waals surface area contributed by atoms with Gasteiger partial charge in [-0.1, -0.05) is 12.1 Å². The topological polar surface area (TPSA) is 87.3 Å². The van der Waals surface area contributed by atoms with Crippen molar-refractivity contribution in [3.63, 3.8) is 0 Å². The van der Waals surface area contributed by atoms with Gasteiger partial charge < -0.3 is 19.9 Å². The Morgan fingerprint density at radius 3 is 2.96 bits per heavy atom. The molecule has 0 bridgehead atoms. The van der Waals surface area contributed by atoms with E-state index in [1.807, 2.05) is 24.3 Å². The third kappa shape index (κ3) is 3.26. The summed E-state index contributed by atoms with van der Waals surface area (Å²) in [5.74, 6) is 0.595. The standard InChI is InChI=1S/C17H22N4O3/c1-17(16(23)18-2)11-21(9-10-24-17)15(22)8-7-14-19-12-5-3-4-6-13(12)20-14/h3-6H,7-11H2,1-2H3,(H,18,23)(H,19,20). The van der Waals surface area contributed by atoms with Gasteiger partial charge in [0.2, 0.25) is 5.91 Å². The SMILES string of the molecule is CNC(=O)C1(C)CN(C(=O)CCc2nc3ccccc3[nH]2)CCO1. The van der Waals surface area contributed by atoms with Gasteiger partial charge in [-0.15, -0.1) is 0 Å². The molecule has 0 aliphatic carbocycles. The van der Waals surface area contributed by atoms with Crippen LogP contribution in [0.3, 0.4) is 0 Å². The minimum absolute atomic E-state index is 0.00823. The maximum absolute atomic E-state index is 12.5. The molecule has 128 valence electrons. The Morgan fingerprint density at radius 2 is 2.21 bits per heavy atom. The van der Waals surface area contributed by atoms with E-state index < -0.39 is 5.60 Å². The van der Waals surface area contributed by atoms with Gasteiger partial charge in [-0.25, -0.2) is 4.98 Å². The van der Waals surface area contributed by atoms with Crippen molar-refractivity contribution in [2.24, 2.45) is 0 Å². The molecule has 1 aliphatic heterocycles. The first-order chi connectivity index (χ1) is 11.5. The van der Waals surface area contributed by atoms with Gasteiger partial charge in [0.15, 0.2) is 5.60 Å². The smallest absolute Gasteiger partial charge is 0.253 e. The van der Waals surface area contributed by atoms with E-state index in [-0.39, 0.29) is 18.4 Å². The number of morpholine rings is 1. The lowest BCUT2D eigenvalue weighted by atomic mass is 10.0. The molecule has 1 aromatic carbocycles. The Balaban J connectivity index is 1.61. The number of amides is 2. The van der Waals surface area contributed by atoms with E-state index >= 15 is 0 Å². The summed E-state index contributed by atoms with van der Waals surface area (Å²) in [5.41, 5.74) is 0.888. The number of carbonyl (C=O) groups excluding carboxylic acids is 2. The van der Waals surface area contributed by atoms with Crippen LogP contribution in [0, 0.1) is 0 Å². The van der Waals surface area contributed by atoms with E-state index in [4.69, 9.17) is 4.74 Å². The highest BCUT2D eigenvalue weighted by Crippen LogP contribution is 2.19. The van der Waals surface area contributed by atoms with E-state index in [1.54, 1.807) is 18.9 Å². The molecule has 7 nitrogen and oxygen atoms in total. The Labute approximate surface area is 140 Å². The van der Waals surface area contributed by atoms with Crippen LogP contribution in [0.2, 0.25) is 0 Å². The molecule has 1 fully saturated rings. The molecule has 1 aromatic heterocycles. The van der Waals surface area contributed by atoms with Crippen molar-refractivity contribution in [3.05, 3.63) is 30.1 Å². The highest BCUT2D eigenvalue weighted by atomic mass is 16.5. The molecule has 7 heteroatoms. The number of hydrogen-bond acceptors (Lipinski definition) is 4. The minimum atomic E-state index is -0.984. The van der Waals surface area contributed by atoms with Crippen molar-refractivity contribution >= 4 is 22.8 Å². The van der Waals surface area contributed by atoms with E-state index in [2.05, 4.69) is 15.3 Å². The normalized spacial score (nSPS) is 21.0. The maximum Gasteiger partial charge on any atom is 0.253 e. The van der Waals surface area contributed by atoms with Gasteiger partial charge in [0, 0.05) is 26.4 Å². The third-order valence-corrected chi connectivity index (χ3v) is 4.35. The molecule has 2 aromatic rings. The second kappa shape index (κ2) is 6.60. The first-order valence-corrected chi connectivity index (χ1v) is 8.09. The van der Waals surface area contributed by atoms with Crippen LogP contribution in [0.5, 0.6) is 0 Å². The number of fused-ring (bicyclic) bond motifs is 1. The molecule has 2 N–H and O–H groups in total. The number of imidazole rings is 1. The van der Waals surface area contributed by atoms with Gasteiger partial charge in [0.25, 0.3) is 5.91 Å². The monoisotopic (exact) mass is 330 g/mol. The van der Waals surface area contributed by atoms with Crippen LogP contribution in [0.1, 0.15) is 19.2 Å². The third-order valence-electron chi connectivity index (χ3n) is 4.35. The van der Waals surface area contributed by atoms with E-state index in [0.717, 1.165) is 16.9 Å². The van der Waals surface area contributed by atoms with Crippen molar-refractivity contribution in [1.82, 2.24) is 20.2 Å². The Kier molecular flexibility index (Phi) is 4.53. The molecule has 1 atom stereocenters. The Morgan fingerprint density at radius 1 is 1.42 bits per heavy atom. The van der Waals surface area contributed by atoms with Gasteiger partial charge in [0.05, 0.1) is 24.2 Å². The van der Waals surface area contributed by atoms with Crippen molar-refractivity contribution < 1.29 is 14.3 Å². The summed E-state index contributed by atoms with van der Waals surface area (Å²) >= 11 is 0. The number of ether oxygens (including phenoxy) is 1. The molecule has 2 heterocycles. The average molecular weight is 330 g/mol. The van der Waals surface area contributed by atoms with Gasteiger partial charge in [-0.3, -0.25) is 9.59 Å². The first-order valence-electron chi connectivity index (χ1n) is 8.09. The van der Waals surface area contributed by atoms with Crippen LogP contribution < -0.4 is 5.32 Å². The number of hydrogen-bond donors (Lipinski definition) is 2. The number of aromatic nitrogens is 2. The molecular formula is C17H22N4O3. The van der Waals surface area contributed by atoms with Crippen molar-refractivity contribution in [3.8, 4) is 0 Å². The number of likely N-dealkylation sites (N-methyl/N-ethyl adjacent to an activating group) is 1.